The molecule has 0 aromatic heterocycles. The van der Waals surface area contributed by atoms with Crippen LogP contribution in [0, 0.1) is 13.8 Å². The van der Waals surface area contributed by atoms with Gasteiger partial charge in [0.2, 0.25) is 0 Å². The van der Waals surface area contributed by atoms with Crippen LogP contribution in [0.15, 0.2) is 72.8 Å². The first kappa shape index (κ1) is 18.2. The van der Waals surface area contributed by atoms with Crippen molar-refractivity contribution < 1.29 is 4.79 Å². The fraction of sp³-hybridized carbons (Fsp3) is 0.174. The lowest BCUT2D eigenvalue weighted by Gasteiger charge is -2.21. The van der Waals surface area contributed by atoms with E-state index in [1.165, 1.54) is 11.1 Å². The van der Waals surface area contributed by atoms with Gasteiger partial charge in [0.15, 0.2) is 5.78 Å². The molecular weight excluding hydrogens is 342 g/mol. The maximum Gasteiger partial charge on any atom is 0.165 e. The molecule has 3 heteroatoms. The van der Waals surface area contributed by atoms with Gasteiger partial charge in [-0.1, -0.05) is 60.1 Å². The molecule has 0 unspecified atom stereocenters. The van der Waals surface area contributed by atoms with E-state index in [4.69, 9.17) is 11.6 Å². The van der Waals surface area contributed by atoms with Gasteiger partial charge in [-0.15, -0.1) is 0 Å². The van der Waals surface area contributed by atoms with Gasteiger partial charge in [-0.25, -0.2) is 0 Å². The van der Waals surface area contributed by atoms with Crippen LogP contribution < -0.4 is 5.32 Å². The Balaban J connectivity index is 1.87. The summed E-state index contributed by atoms with van der Waals surface area (Å²) in [5.74, 6) is 0.113. The third-order valence-electron chi connectivity index (χ3n) is 4.61. The van der Waals surface area contributed by atoms with Crippen molar-refractivity contribution in [2.75, 3.05) is 5.32 Å². The van der Waals surface area contributed by atoms with E-state index >= 15 is 0 Å². The standard InChI is InChI=1S/C23H22ClNO/c1-16-8-13-21(14-17(16)2)25-22(18-9-11-20(24)12-10-18)15-23(26)19-6-4-3-5-7-19/h3-14,22,25H,15H2,1-2H3/t22-/m0/s1. The molecule has 1 N–H and O–H groups in total. The highest BCUT2D eigenvalue weighted by Crippen LogP contribution is 2.27. The zero-order valence-corrected chi connectivity index (χ0v) is 15.8. The Morgan fingerprint density at radius 3 is 2.27 bits per heavy atom. The van der Waals surface area contributed by atoms with Crippen molar-refractivity contribution in [2.24, 2.45) is 0 Å². The van der Waals surface area contributed by atoms with E-state index in [0.29, 0.717) is 11.4 Å². The number of benzene rings is 3. The highest BCUT2D eigenvalue weighted by Gasteiger charge is 2.17. The van der Waals surface area contributed by atoms with Crippen molar-refractivity contribution in [1.29, 1.82) is 0 Å². The maximum atomic E-state index is 12.7. The first-order chi connectivity index (χ1) is 12.5. The summed E-state index contributed by atoms with van der Waals surface area (Å²) in [4.78, 5) is 12.7. The summed E-state index contributed by atoms with van der Waals surface area (Å²) in [5.41, 5.74) is 5.25. The highest BCUT2D eigenvalue weighted by atomic mass is 35.5. The van der Waals surface area contributed by atoms with Crippen LogP contribution in [0.25, 0.3) is 0 Å². The molecule has 2 nitrogen and oxygen atoms in total. The van der Waals surface area contributed by atoms with E-state index in [1.807, 2.05) is 54.6 Å². The van der Waals surface area contributed by atoms with E-state index in [0.717, 1.165) is 16.8 Å². The van der Waals surface area contributed by atoms with E-state index in [-0.39, 0.29) is 11.8 Å². The van der Waals surface area contributed by atoms with E-state index < -0.39 is 0 Å². The van der Waals surface area contributed by atoms with Gasteiger partial charge in [0.05, 0.1) is 6.04 Å². The zero-order chi connectivity index (χ0) is 18.5. The molecule has 1 atom stereocenters. The number of halogens is 1. The topological polar surface area (TPSA) is 29.1 Å². The fourth-order valence-corrected chi connectivity index (χ4v) is 3.03. The van der Waals surface area contributed by atoms with Crippen LogP contribution in [0.3, 0.4) is 0 Å². The number of Topliss-reactive ketones (excluding diaryl/α,β-unsaturated/α-hetero) is 1. The molecule has 0 saturated heterocycles. The average Bonchev–Trinajstić information content (AvgIpc) is 2.65. The lowest BCUT2D eigenvalue weighted by atomic mass is 9.97. The summed E-state index contributed by atoms with van der Waals surface area (Å²) in [6.45, 7) is 4.18. The monoisotopic (exact) mass is 363 g/mol. The third-order valence-corrected chi connectivity index (χ3v) is 4.86. The Morgan fingerprint density at radius 2 is 1.62 bits per heavy atom. The van der Waals surface area contributed by atoms with Gasteiger partial charge in [-0.05, 0) is 54.8 Å². The Morgan fingerprint density at radius 1 is 0.923 bits per heavy atom. The minimum absolute atomic E-state index is 0.113. The van der Waals surface area contributed by atoms with Crippen LogP contribution in [0.5, 0.6) is 0 Å². The summed E-state index contributed by atoms with van der Waals surface area (Å²) in [6.07, 6.45) is 0.374. The van der Waals surface area contributed by atoms with Crippen LogP contribution in [0.4, 0.5) is 5.69 Å². The lowest BCUT2D eigenvalue weighted by Crippen LogP contribution is -2.16. The molecule has 0 radical (unpaired) electrons. The molecule has 3 aromatic rings. The Hall–Kier alpha value is -2.58. The van der Waals surface area contributed by atoms with E-state index in [2.05, 4.69) is 37.4 Å². The van der Waals surface area contributed by atoms with Crippen LogP contribution in [-0.4, -0.2) is 5.78 Å². The van der Waals surface area contributed by atoms with Gasteiger partial charge < -0.3 is 5.32 Å². The number of nitrogens with one attached hydrogen (secondary N) is 1. The van der Waals surface area contributed by atoms with Crippen LogP contribution in [-0.2, 0) is 0 Å². The first-order valence-corrected chi connectivity index (χ1v) is 9.08. The molecule has 0 amide bonds. The third kappa shape index (κ3) is 4.53. The molecule has 0 aliphatic heterocycles. The molecule has 3 rings (SSSR count). The van der Waals surface area contributed by atoms with E-state index in [9.17, 15) is 4.79 Å². The Bertz CT molecular complexity index is 888. The van der Waals surface area contributed by atoms with Crippen LogP contribution in [0.2, 0.25) is 5.02 Å². The van der Waals surface area contributed by atoms with E-state index in [1.54, 1.807) is 0 Å². The number of hydrogen-bond acceptors (Lipinski definition) is 2. The number of ketones is 1. The second kappa shape index (κ2) is 8.20. The van der Waals surface area contributed by atoms with Crippen molar-refractivity contribution in [1.82, 2.24) is 0 Å². The summed E-state index contributed by atoms with van der Waals surface area (Å²) in [5, 5.41) is 4.21. The lowest BCUT2D eigenvalue weighted by molar-refractivity contribution is 0.0976. The van der Waals surface area contributed by atoms with Gasteiger partial charge in [-0.3, -0.25) is 4.79 Å². The number of anilines is 1. The first-order valence-electron chi connectivity index (χ1n) is 8.70. The largest absolute Gasteiger partial charge is 0.378 e. The Labute approximate surface area is 159 Å². The van der Waals surface area contributed by atoms with Crippen molar-refractivity contribution >= 4 is 23.1 Å². The molecule has 0 heterocycles. The predicted molar refractivity (Wildman–Crippen MR) is 109 cm³/mol. The summed E-state index contributed by atoms with van der Waals surface area (Å²) in [6, 6.07) is 23.2. The highest BCUT2D eigenvalue weighted by molar-refractivity contribution is 6.30. The van der Waals surface area contributed by atoms with Gasteiger partial charge in [-0.2, -0.15) is 0 Å². The normalized spacial score (nSPS) is 11.8. The number of aryl methyl sites for hydroxylation is 2. The minimum Gasteiger partial charge on any atom is -0.378 e. The molecule has 26 heavy (non-hydrogen) atoms. The van der Waals surface area contributed by atoms with Gasteiger partial charge >= 0.3 is 0 Å². The van der Waals surface area contributed by atoms with Crippen LogP contribution >= 0.6 is 11.6 Å². The predicted octanol–water partition coefficient (Wildman–Crippen LogP) is 6.38. The molecule has 0 fully saturated rings. The second-order valence-corrected chi connectivity index (χ2v) is 6.98. The summed E-state index contributed by atoms with van der Waals surface area (Å²) >= 11 is 6.03. The number of carbonyl (C=O) groups excluding carboxylic acids is 1. The molecule has 0 spiro atoms. The summed E-state index contributed by atoms with van der Waals surface area (Å²) in [7, 11) is 0. The van der Waals surface area contributed by atoms with Gasteiger partial charge in [0.1, 0.15) is 0 Å². The molecule has 0 saturated carbocycles. The summed E-state index contributed by atoms with van der Waals surface area (Å²) < 4.78 is 0. The molecule has 3 aromatic carbocycles. The van der Waals surface area contributed by atoms with Crippen molar-refractivity contribution in [2.45, 2.75) is 26.3 Å². The molecule has 0 bridgehead atoms. The number of rotatable bonds is 6. The molecular formula is C23H22ClNO. The maximum absolute atomic E-state index is 12.7. The molecule has 132 valence electrons. The Kier molecular flexibility index (Phi) is 5.75. The molecule has 0 aliphatic rings. The van der Waals surface area contributed by atoms with Gasteiger partial charge in [0.25, 0.3) is 0 Å². The minimum atomic E-state index is -0.123. The van der Waals surface area contributed by atoms with Crippen LogP contribution in [0.1, 0.15) is 39.5 Å². The number of hydrogen-bond donors (Lipinski definition) is 1. The fourth-order valence-electron chi connectivity index (χ4n) is 2.91. The molecule has 0 aliphatic carbocycles. The van der Waals surface area contributed by atoms with Crippen molar-refractivity contribution in [3.8, 4) is 0 Å². The van der Waals surface area contributed by atoms with Crippen molar-refractivity contribution in [3.63, 3.8) is 0 Å². The zero-order valence-electron chi connectivity index (χ0n) is 15.0. The number of carbonyl (C=O) groups is 1. The second-order valence-electron chi connectivity index (χ2n) is 6.54. The van der Waals surface area contributed by atoms with Gasteiger partial charge in [0, 0.05) is 22.7 Å². The SMILES string of the molecule is Cc1ccc(N[C@@H](CC(=O)c2ccccc2)c2ccc(Cl)cc2)cc1C. The van der Waals surface area contributed by atoms with Crippen molar-refractivity contribution in [3.05, 3.63) is 100 Å². The smallest absolute Gasteiger partial charge is 0.165 e. The quantitative estimate of drug-likeness (QED) is 0.514. The average molecular weight is 364 g/mol.